The van der Waals surface area contributed by atoms with Crippen LogP contribution in [0.25, 0.3) is 0 Å². The second-order valence-electron chi connectivity index (χ2n) is 9.05. The van der Waals surface area contributed by atoms with E-state index in [1.807, 2.05) is 29.7 Å². The topological polar surface area (TPSA) is 52.6 Å². The fourth-order valence-electron chi connectivity index (χ4n) is 5.04. The molecule has 178 valence electrons. The predicted octanol–water partition coefficient (Wildman–Crippen LogP) is 3.93. The van der Waals surface area contributed by atoms with Gasteiger partial charge in [-0.2, -0.15) is 13.2 Å². The molecule has 2 aliphatic rings. The van der Waals surface area contributed by atoms with E-state index in [0.29, 0.717) is 37.1 Å². The molecule has 1 unspecified atom stereocenters. The molecule has 4 rings (SSSR count). The SMILES string of the molecule is Cc1ccnc(C)c1C(=O)N1CCC(N2CCN(c3ccc(C(F)(F)F)cn3)CC2C)CC1. The molecule has 6 nitrogen and oxygen atoms in total. The highest BCUT2D eigenvalue weighted by Crippen LogP contribution is 2.30. The van der Waals surface area contributed by atoms with Crippen LogP contribution in [0.1, 0.15) is 46.9 Å². The largest absolute Gasteiger partial charge is 0.417 e. The number of halogens is 3. The summed E-state index contributed by atoms with van der Waals surface area (Å²) >= 11 is 0. The number of pyridine rings is 2. The minimum atomic E-state index is -4.37. The summed E-state index contributed by atoms with van der Waals surface area (Å²) in [5, 5.41) is 0. The number of likely N-dealkylation sites (tertiary alicyclic amines) is 1. The lowest BCUT2D eigenvalue weighted by Gasteiger charge is -2.46. The number of amides is 1. The minimum absolute atomic E-state index is 0.0581. The molecule has 0 radical (unpaired) electrons. The summed E-state index contributed by atoms with van der Waals surface area (Å²) in [6.07, 6.45) is 0.0851. The number of aryl methyl sites for hydroxylation is 2. The molecule has 2 aromatic heterocycles. The maximum atomic E-state index is 13.1. The van der Waals surface area contributed by atoms with E-state index in [1.165, 1.54) is 6.07 Å². The van der Waals surface area contributed by atoms with Gasteiger partial charge in [-0.15, -0.1) is 0 Å². The molecule has 0 aromatic carbocycles. The Morgan fingerprint density at radius 3 is 2.33 bits per heavy atom. The molecule has 4 heterocycles. The summed E-state index contributed by atoms with van der Waals surface area (Å²) in [7, 11) is 0. The van der Waals surface area contributed by atoms with Crippen molar-refractivity contribution in [3.8, 4) is 0 Å². The molecular weight excluding hydrogens is 431 g/mol. The number of hydrogen-bond donors (Lipinski definition) is 0. The Balaban J connectivity index is 1.33. The standard InChI is InChI=1S/C24H30F3N5O/c1-16-6-9-28-18(3)22(16)23(33)30-10-7-20(8-11-30)32-13-12-31(15-17(32)2)21-5-4-19(14-29-21)24(25,26)27/h4-6,9,14,17,20H,7-8,10-13,15H2,1-3H3. The van der Waals surface area contributed by atoms with Gasteiger partial charge in [0.15, 0.2) is 0 Å². The molecule has 0 bridgehead atoms. The molecule has 33 heavy (non-hydrogen) atoms. The maximum Gasteiger partial charge on any atom is 0.417 e. The lowest BCUT2D eigenvalue weighted by atomic mass is 9.98. The van der Waals surface area contributed by atoms with E-state index < -0.39 is 11.7 Å². The lowest BCUT2D eigenvalue weighted by Crippen LogP contribution is -2.58. The molecule has 2 saturated heterocycles. The zero-order valence-corrected chi connectivity index (χ0v) is 19.3. The summed E-state index contributed by atoms with van der Waals surface area (Å²) < 4.78 is 38.4. The van der Waals surface area contributed by atoms with Crippen molar-refractivity contribution < 1.29 is 18.0 Å². The van der Waals surface area contributed by atoms with Crippen LogP contribution < -0.4 is 4.90 Å². The van der Waals surface area contributed by atoms with Crippen LogP contribution >= 0.6 is 0 Å². The molecule has 9 heteroatoms. The van der Waals surface area contributed by atoms with Gasteiger partial charge < -0.3 is 9.80 Å². The summed E-state index contributed by atoms with van der Waals surface area (Å²) in [6, 6.07) is 5.07. The number of alkyl halides is 3. The molecule has 1 atom stereocenters. The van der Waals surface area contributed by atoms with E-state index in [-0.39, 0.29) is 11.9 Å². The van der Waals surface area contributed by atoms with E-state index in [1.54, 1.807) is 6.20 Å². The van der Waals surface area contributed by atoms with Crippen LogP contribution in [0.4, 0.5) is 19.0 Å². The Morgan fingerprint density at radius 2 is 1.76 bits per heavy atom. The van der Waals surface area contributed by atoms with Crippen molar-refractivity contribution >= 4 is 11.7 Å². The van der Waals surface area contributed by atoms with Crippen molar-refractivity contribution in [1.29, 1.82) is 0 Å². The lowest BCUT2D eigenvalue weighted by molar-refractivity contribution is -0.137. The normalized spacial score (nSPS) is 20.8. The maximum absolute atomic E-state index is 13.1. The zero-order chi connectivity index (χ0) is 23.8. The Hall–Kier alpha value is -2.68. The Morgan fingerprint density at radius 1 is 1.03 bits per heavy atom. The molecule has 2 fully saturated rings. The van der Waals surface area contributed by atoms with Crippen molar-refractivity contribution in [1.82, 2.24) is 19.8 Å². The van der Waals surface area contributed by atoms with Gasteiger partial charge in [-0.25, -0.2) is 4.98 Å². The van der Waals surface area contributed by atoms with Gasteiger partial charge in [0.25, 0.3) is 5.91 Å². The third kappa shape index (κ3) is 4.98. The van der Waals surface area contributed by atoms with Crippen LogP contribution in [0, 0.1) is 13.8 Å². The number of rotatable bonds is 3. The first-order chi connectivity index (χ1) is 15.6. The predicted molar refractivity (Wildman–Crippen MR) is 120 cm³/mol. The number of carbonyl (C=O) groups excluding carboxylic acids is 1. The van der Waals surface area contributed by atoms with Crippen LogP contribution in [0.15, 0.2) is 30.6 Å². The summed E-state index contributed by atoms with van der Waals surface area (Å²) in [5.41, 5.74) is 1.71. The van der Waals surface area contributed by atoms with Gasteiger partial charge in [0.2, 0.25) is 0 Å². The van der Waals surface area contributed by atoms with Gasteiger partial charge in [0.1, 0.15) is 5.82 Å². The van der Waals surface area contributed by atoms with Crippen LogP contribution in [0.3, 0.4) is 0 Å². The molecule has 0 spiro atoms. The number of piperazine rings is 1. The van der Waals surface area contributed by atoms with E-state index >= 15 is 0 Å². The first-order valence-corrected chi connectivity index (χ1v) is 11.4. The third-order valence-corrected chi connectivity index (χ3v) is 6.86. The van der Waals surface area contributed by atoms with Crippen molar-refractivity contribution in [3.63, 3.8) is 0 Å². The number of hydrogen-bond acceptors (Lipinski definition) is 5. The average molecular weight is 462 g/mol. The second kappa shape index (κ2) is 9.29. The first kappa shape index (κ1) is 23.5. The zero-order valence-electron chi connectivity index (χ0n) is 19.3. The number of anilines is 1. The van der Waals surface area contributed by atoms with Crippen molar-refractivity contribution in [2.24, 2.45) is 0 Å². The monoisotopic (exact) mass is 461 g/mol. The molecule has 0 N–H and O–H groups in total. The van der Waals surface area contributed by atoms with Gasteiger partial charge in [0.05, 0.1) is 16.8 Å². The number of nitrogens with zero attached hydrogens (tertiary/aromatic N) is 5. The highest BCUT2D eigenvalue weighted by atomic mass is 19.4. The number of aromatic nitrogens is 2. The van der Waals surface area contributed by atoms with Crippen LogP contribution in [0.2, 0.25) is 0 Å². The van der Waals surface area contributed by atoms with Crippen molar-refractivity contribution in [2.45, 2.75) is 51.9 Å². The summed E-state index contributed by atoms with van der Waals surface area (Å²) in [4.78, 5) is 27.9. The Kier molecular flexibility index (Phi) is 6.61. The third-order valence-electron chi connectivity index (χ3n) is 6.86. The molecule has 0 saturated carbocycles. The Labute approximate surface area is 192 Å². The van der Waals surface area contributed by atoms with Crippen molar-refractivity contribution in [2.75, 3.05) is 37.6 Å². The molecule has 2 aromatic rings. The van der Waals surface area contributed by atoms with Gasteiger partial charge in [0, 0.05) is 57.2 Å². The summed E-state index contributed by atoms with van der Waals surface area (Å²) in [5.74, 6) is 0.639. The average Bonchev–Trinajstić information content (AvgIpc) is 2.78. The fraction of sp³-hybridized carbons (Fsp3) is 0.542. The molecule has 0 aliphatic carbocycles. The van der Waals surface area contributed by atoms with E-state index in [9.17, 15) is 18.0 Å². The van der Waals surface area contributed by atoms with Crippen LogP contribution in [-0.2, 0) is 6.18 Å². The second-order valence-corrected chi connectivity index (χ2v) is 9.05. The van der Waals surface area contributed by atoms with Gasteiger partial charge >= 0.3 is 6.18 Å². The number of piperidine rings is 1. The molecule has 2 aliphatic heterocycles. The highest BCUT2D eigenvalue weighted by Gasteiger charge is 2.34. The van der Waals surface area contributed by atoms with Gasteiger partial charge in [-0.1, -0.05) is 0 Å². The van der Waals surface area contributed by atoms with E-state index in [0.717, 1.165) is 49.5 Å². The van der Waals surface area contributed by atoms with Gasteiger partial charge in [-0.05, 0) is 57.4 Å². The van der Waals surface area contributed by atoms with Crippen molar-refractivity contribution in [3.05, 3.63) is 53.0 Å². The molecular formula is C24H30F3N5O. The van der Waals surface area contributed by atoms with Crippen LogP contribution in [-0.4, -0.2) is 70.5 Å². The van der Waals surface area contributed by atoms with Gasteiger partial charge in [-0.3, -0.25) is 14.7 Å². The smallest absolute Gasteiger partial charge is 0.354 e. The minimum Gasteiger partial charge on any atom is -0.354 e. The Bertz CT molecular complexity index is 966. The van der Waals surface area contributed by atoms with E-state index in [4.69, 9.17) is 0 Å². The number of carbonyl (C=O) groups is 1. The van der Waals surface area contributed by atoms with E-state index in [2.05, 4.69) is 21.8 Å². The summed E-state index contributed by atoms with van der Waals surface area (Å²) in [6.45, 7) is 9.65. The highest BCUT2D eigenvalue weighted by molar-refractivity contribution is 5.96. The quantitative estimate of drug-likeness (QED) is 0.694. The fourth-order valence-corrected chi connectivity index (χ4v) is 5.04. The molecule has 1 amide bonds. The van der Waals surface area contributed by atoms with Crippen LogP contribution in [0.5, 0.6) is 0 Å². The first-order valence-electron chi connectivity index (χ1n) is 11.4.